The van der Waals surface area contributed by atoms with E-state index in [1.807, 2.05) is 0 Å². The molecule has 0 aliphatic heterocycles. The lowest BCUT2D eigenvalue weighted by atomic mass is 9.90. The van der Waals surface area contributed by atoms with Crippen molar-refractivity contribution >= 4 is 5.97 Å². The summed E-state index contributed by atoms with van der Waals surface area (Å²) in [6.07, 6.45) is 6.20. The van der Waals surface area contributed by atoms with Gasteiger partial charge in [0, 0.05) is 0 Å². The summed E-state index contributed by atoms with van der Waals surface area (Å²) in [4.78, 5) is 11.9. The van der Waals surface area contributed by atoms with Gasteiger partial charge in [0.05, 0.1) is 6.61 Å². The van der Waals surface area contributed by atoms with E-state index in [0.29, 0.717) is 18.1 Å². The monoisotopic (exact) mass is 293 g/mol. The average Bonchev–Trinajstić information content (AvgIpc) is 2.49. The number of hydrogen-bond acceptors (Lipinski definition) is 5. The Morgan fingerprint density at radius 2 is 1.95 bits per heavy atom. The molecule has 0 bridgehead atoms. The molecule has 0 saturated heterocycles. The van der Waals surface area contributed by atoms with Gasteiger partial charge in [0.2, 0.25) is 0 Å². The molecule has 5 nitrogen and oxygen atoms in total. The third-order valence-corrected chi connectivity index (χ3v) is 3.98. The molecular weight excluding hydrogens is 270 g/mol. The highest BCUT2D eigenvalue weighted by atomic mass is 16.5. The van der Waals surface area contributed by atoms with Gasteiger partial charge in [0.1, 0.15) is 6.04 Å². The SMILES string of the molecule is N[C@@H](Cc1ccc(O)c(O)c1)C(=O)OCC1CCCCC1. The molecule has 4 N–H and O–H groups in total. The van der Waals surface area contributed by atoms with E-state index < -0.39 is 12.0 Å². The van der Waals surface area contributed by atoms with Gasteiger partial charge in [0.25, 0.3) is 0 Å². The van der Waals surface area contributed by atoms with Crippen LogP contribution in [0, 0.1) is 5.92 Å². The molecule has 0 spiro atoms. The van der Waals surface area contributed by atoms with E-state index in [1.54, 1.807) is 6.07 Å². The lowest BCUT2D eigenvalue weighted by molar-refractivity contribution is -0.146. The van der Waals surface area contributed by atoms with Crippen molar-refractivity contribution in [3.05, 3.63) is 23.8 Å². The number of carbonyl (C=O) groups is 1. The fourth-order valence-corrected chi connectivity index (χ4v) is 2.69. The highest BCUT2D eigenvalue weighted by Gasteiger charge is 2.20. The summed E-state index contributed by atoms with van der Waals surface area (Å²) in [5, 5.41) is 18.7. The van der Waals surface area contributed by atoms with E-state index in [1.165, 1.54) is 31.4 Å². The van der Waals surface area contributed by atoms with E-state index in [0.717, 1.165) is 12.8 Å². The Labute approximate surface area is 124 Å². The first-order valence-electron chi connectivity index (χ1n) is 7.49. The molecule has 5 heteroatoms. The van der Waals surface area contributed by atoms with Gasteiger partial charge in [-0.3, -0.25) is 4.79 Å². The summed E-state index contributed by atoms with van der Waals surface area (Å²) < 4.78 is 5.29. The number of benzene rings is 1. The number of esters is 1. The Morgan fingerprint density at radius 1 is 1.24 bits per heavy atom. The van der Waals surface area contributed by atoms with Crippen LogP contribution in [0.3, 0.4) is 0 Å². The fraction of sp³-hybridized carbons (Fsp3) is 0.562. The first-order valence-corrected chi connectivity index (χ1v) is 7.49. The van der Waals surface area contributed by atoms with Gasteiger partial charge in [-0.2, -0.15) is 0 Å². The molecule has 0 radical (unpaired) electrons. The number of aromatic hydroxyl groups is 2. The van der Waals surface area contributed by atoms with Crippen molar-refractivity contribution in [1.82, 2.24) is 0 Å². The van der Waals surface area contributed by atoms with Crippen LogP contribution >= 0.6 is 0 Å². The molecule has 0 unspecified atom stereocenters. The molecule has 116 valence electrons. The van der Waals surface area contributed by atoms with Crippen LogP contribution in [-0.2, 0) is 16.0 Å². The second-order valence-electron chi connectivity index (χ2n) is 5.77. The van der Waals surface area contributed by atoms with E-state index >= 15 is 0 Å². The van der Waals surface area contributed by atoms with E-state index in [2.05, 4.69) is 0 Å². The Balaban J connectivity index is 1.79. The smallest absolute Gasteiger partial charge is 0.323 e. The predicted octanol–water partition coefficient (Wildman–Crippen LogP) is 2.09. The molecule has 1 fully saturated rings. The molecule has 1 aromatic carbocycles. The van der Waals surface area contributed by atoms with E-state index in [9.17, 15) is 15.0 Å². The van der Waals surface area contributed by atoms with Crippen LogP contribution in [0.5, 0.6) is 11.5 Å². The molecule has 0 amide bonds. The van der Waals surface area contributed by atoms with Crippen LogP contribution < -0.4 is 5.73 Å². The van der Waals surface area contributed by atoms with E-state index in [-0.39, 0.29) is 17.9 Å². The van der Waals surface area contributed by atoms with Crippen LogP contribution in [-0.4, -0.2) is 28.8 Å². The maximum absolute atomic E-state index is 11.9. The molecule has 1 aliphatic rings. The molecule has 1 saturated carbocycles. The van der Waals surface area contributed by atoms with Crippen molar-refractivity contribution < 1.29 is 19.7 Å². The number of nitrogens with two attached hydrogens (primary N) is 1. The van der Waals surface area contributed by atoms with Crippen LogP contribution in [0.1, 0.15) is 37.7 Å². The van der Waals surface area contributed by atoms with Gasteiger partial charge >= 0.3 is 5.97 Å². The van der Waals surface area contributed by atoms with Gasteiger partial charge in [0.15, 0.2) is 11.5 Å². The predicted molar refractivity (Wildman–Crippen MR) is 79.0 cm³/mol. The number of ether oxygens (including phenoxy) is 1. The first kappa shape index (κ1) is 15.6. The molecule has 0 heterocycles. The normalized spacial score (nSPS) is 17.4. The number of hydrogen-bond donors (Lipinski definition) is 3. The van der Waals surface area contributed by atoms with Crippen molar-refractivity contribution in [2.45, 2.75) is 44.6 Å². The van der Waals surface area contributed by atoms with Crippen LogP contribution in [0.15, 0.2) is 18.2 Å². The molecule has 1 atom stereocenters. The highest BCUT2D eigenvalue weighted by molar-refractivity contribution is 5.76. The van der Waals surface area contributed by atoms with Gasteiger partial charge in [-0.05, 0) is 42.9 Å². The lowest BCUT2D eigenvalue weighted by Crippen LogP contribution is -2.35. The molecule has 21 heavy (non-hydrogen) atoms. The zero-order valence-electron chi connectivity index (χ0n) is 12.1. The van der Waals surface area contributed by atoms with Crippen molar-refractivity contribution in [1.29, 1.82) is 0 Å². The minimum Gasteiger partial charge on any atom is -0.504 e. The summed E-state index contributed by atoms with van der Waals surface area (Å²) in [6.45, 7) is 0.452. The summed E-state index contributed by atoms with van der Waals surface area (Å²) in [7, 11) is 0. The van der Waals surface area contributed by atoms with Crippen molar-refractivity contribution in [3.63, 3.8) is 0 Å². The van der Waals surface area contributed by atoms with Crippen LogP contribution in [0.25, 0.3) is 0 Å². The van der Waals surface area contributed by atoms with Gasteiger partial charge in [-0.15, -0.1) is 0 Å². The summed E-state index contributed by atoms with van der Waals surface area (Å²) in [5.74, 6) is -0.344. The maximum atomic E-state index is 11.9. The second kappa shape index (κ2) is 7.31. The topological polar surface area (TPSA) is 92.8 Å². The minimum absolute atomic E-state index is 0.188. The zero-order valence-corrected chi connectivity index (χ0v) is 12.1. The quantitative estimate of drug-likeness (QED) is 0.571. The maximum Gasteiger partial charge on any atom is 0.323 e. The lowest BCUT2D eigenvalue weighted by Gasteiger charge is -2.22. The molecule has 0 aromatic heterocycles. The number of rotatable bonds is 5. The first-order chi connectivity index (χ1) is 10.1. The van der Waals surface area contributed by atoms with E-state index in [4.69, 9.17) is 10.5 Å². The Kier molecular flexibility index (Phi) is 5.44. The number of phenols is 2. The zero-order chi connectivity index (χ0) is 15.2. The second-order valence-corrected chi connectivity index (χ2v) is 5.77. The fourth-order valence-electron chi connectivity index (χ4n) is 2.69. The molecule has 1 aliphatic carbocycles. The molecule has 2 rings (SSSR count). The minimum atomic E-state index is -0.752. The van der Waals surface area contributed by atoms with Crippen LogP contribution in [0.4, 0.5) is 0 Å². The summed E-state index contributed by atoms with van der Waals surface area (Å²) in [6, 6.07) is 3.66. The number of carbonyl (C=O) groups excluding carboxylic acids is 1. The Hall–Kier alpha value is -1.75. The molecular formula is C16H23NO4. The molecule has 1 aromatic rings. The summed E-state index contributed by atoms with van der Waals surface area (Å²) in [5.41, 5.74) is 6.52. The third-order valence-electron chi connectivity index (χ3n) is 3.98. The van der Waals surface area contributed by atoms with Gasteiger partial charge in [-0.1, -0.05) is 25.3 Å². The standard InChI is InChI=1S/C16H23NO4/c17-13(8-12-6-7-14(18)15(19)9-12)16(20)21-10-11-4-2-1-3-5-11/h6-7,9,11,13,18-19H,1-5,8,10,17H2/t13-/m0/s1. The third kappa shape index (κ3) is 4.63. The summed E-state index contributed by atoms with van der Waals surface area (Å²) >= 11 is 0. The van der Waals surface area contributed by atoms with Gasteiger partial charge < -0.3 is 20.7 Å². The average molecular weight is 293 g/mol. The Morgan fingerprint density at radius 3 is 2.62 bits per heavy atom. The van der Waals surface area contributed by atoms with Crippen molar-refractivity contribution in [2.24, 2.45) is 11.7 Å². The number of phenolic OH excluding ortho intramolecular Hbond substituents is 2. The highest BCUT2D eigenvalue weighted by Crippen LogP contribution is 2.26. The van der Waals surface area contributed by atoms with Crippen molar-refractivity contribution in [2.75, 3.05) is 6.61 Å². The largest absolute Gasteiger partial charge is 0.504 e. The van der Waals surface area contributed by atoms with Crippen LogP contribution in [0.2, 0.25) is 0 Å². The van der Waals surface area contributed by atoms with Crippen molar-refractivity contribution in [3.8, 4) is 11.5 Å². The van der Waals surface area contributed by atoms with Gasteiger partial charge in [-0.25, -0.2) is 0 Å². The Bertz CT molecular complexity index is 483.